The van der Waals surface area contributed by atoms with Crippen molar-refractivity contribution in [2.75, 3.05) is 11.1 Å². The molecule has 3 aromatic carbocycles. The Labute approximate surface area is 162 Å². The van der Waals surface area contributed by atoms with Gasteiger partial charge in [-0.1, -0.05) is 54.6 Å². The van der Waals surface area contributed by atoms with E-state index in [-0.39, 0.29) is 17.6 Å². The van der Waals surface area contributed by atoms with Gasteiger partial charge >= 0.3 is 0 Å². The third-order valence-corrected chi connectivity index (χ3v) is 4.76. The molecule has 28 heavy (non-hydrogen) atoms. The highest BCUT2D eigenvalue weighted by Gasteiger charge is 2.24. The van der Waals surface area contributed by atoms with Gasteiger partial charge in [-0.05, 0) is 36.8 Å². The molecule has 1 heterocycles. The topological polar surface area (TPSA) is 77.1 Å². The van der Waals surface area contributed by atoms with Crippen LogP contribution in [0.5, 0.6) is 0 Å². The fourth-order valence-electron chi connectivity index (χ4n) is 3.32. The molecule has 4 rings (SSSR count). The van der Waals surface area contributed by atoms with Gasteiger partial charge in [0.05, 0.1) is 11.1 Å². The van der Waals surface area contributed by atoms with Crippen molar-refractivity contribution in [1.29, 1.82) is 0 Å². The summed E-state index contributed by atoms with van der Waals surface area (Å²) in [6.07, 6.45) is 0. The highest BCUT2D eigenvalue weighted by Crippen LogP contribution is 2.30. The molecule has 0 fully saturated rings. The Morgan fingerprint density at radius 3 is 2.25 bits per heavy atom. The van der Waals surface area contributed by atoms with Crippen molar-refractivity contribution in [2.24, 2.45) is 0 Å². The van der Waals surface area contributed by atoms with E-state index in [2.05, 4.69) is 5.32 Å². The van der Waals surface area contributed by atoms with Gasteiger partial charge < -0.3 is 11.1 Å². The third-order valence-electron chi connectivity index (χ3n) is 4.76. The van der Waals surface area contributed by atoms with Gasteiger partial charge in [0.25, 0.3) is 11.8 Å². The summed E-state index contributed by atoms with van der Waals surface area (Å²) in [5.41, 5.74) is 9.37. The molecule has 0 aliphatic carbocycles. The molecule has 0 atom stereocenters. The summed E-state index contributed by atoms with van der Waals surface area (Å²) in [6, 6.07) is 23.6. The SMILES string of the molecule is Cc1ccccc1NC(=O)c1c(N)n(C(=O)c2ccccc2)c2ccccc12. The highest BCUT2D eigenvalue weighted by molar-refractivity contribution is 6.20. The third kappa shape index (κ3) is 2.93. The van der Waals surface area contributed by atoms with Gasteiger partial charge in [-0.25, -0.2) is 0 Å². The molecule has 1 aromatic heterocycles. The van der Waals surface area contributed by atoms with Crippen LogP contribution >= 0.6 is 0 Å². The summed E-state index contributed by atoms with van der Waals surface area (Å²) >= 11 is 0. The van der Waals surface area contributed by atoms with E-state index in [0.29, 0.717) is 27.7 Å². The highest BCUT2D eigenvalue weighted by atomic mass is 16.2. The first-order valence-corrected chi connectivity index (χ1v) is 8.93. The number of aromatic nitrogens is 1. The van der Waals surface area contributed by atoms with E-state index in [4.69, 9.17) is 5.73 Å². The lowest BCUT2D eigenvalue weighted by Crippen LogP contribution is -2.18. The molecule has 0 spiro atoms. The number of aryl methyl sites for hydroxylation is 1. The number of anilines is 2. The first-order chi connectivity index (χ1) is 13.6. The number of carbonyl (C=O) groups is 2. The fourth-order valence-corrected chi connectivity index (χ4v) is 3.32. The predicted octanol–water partition coefficient (Wildman–Crippen LogP) is 4.47. The molecule has 0 saturated heterocycles. The molecule has 5 heteroatoms. The standard InChI is InChI=1S/C23H19N3O2/c1-15-9-5-7-13-18(15)25-22(27)20-17-12-6-8-14-19(17)26(21(20)24)23(28)16-10-3-2-4-11-16/h2-14H,24H2,1H3,(H,25,27). The zero-order chi connectivity index (χ0) is 19.7. The zero-order valence-electron chi connectivity index (χ0n) is 15.3. The van der Waals surface area contributed by atoms with Crippen LogP contribution in [-0.2, 0) is 0 Å². The van der Waals surface area contributed by atoms with E-state index in [1.54, 1.807) is 36.4 Å². The maximum absolute atomic E-state index is 13.1. The van der Waals surface area contributed by atoms with Crippen LogP contribution < -0.4 is 11.1 Å². The first kappa shape index (κ1) is 17.5. The van der Waals surface area contributed by atoms with Crippen LogP contribution in [0.3, 0.4) is 0 Å². The van der Waals surface area contributed by atoms with Crippen molar-refractivity contribution in [1.82, 2.24) is 4.57 Å². The lowest BCUT2D eigenvalue weighted by Gasteiger charge is -2.09. The number of carbonyl (C=O) groups excluding carboxylic acids is 2. The van der Waals surface area contributed by atoms with E-state index in [9.17, 15) is 9.59 Å². The minimum absolute atomic E-state index is 0.126. The Hall–Kier alpha value is -3.86. The largest absolute Gasteiger partial charge is 0.384 e. The number of fused-ring (bicyclic) bond motifs is 1. The minimum Gasteiger partial charge on any atom is -0.384 e. The normalized spacial score (nSPS) is 10.8. The van der Waals surface area contributed by atoms with Crippen molar-refractivity contribution >= 4 is 34.2 Å². The monoisotopic (exact) mass is 369 g/mol. The number of hydrogen-bond donors (Lipinski definition) is 2. The van der Waals surface area contributed by atoms with Crippen LogP contribution in [0.15, 0.2) is 78.9 Å². The molecule has 0 saturated carbocycles. The Morgan fingerprint density at radius 1 is 0.857 bits per heavy atom. The van der Waals surface area contributed by atoms with Crippen molar-refractivity contribution in [2.45, 2.75) is 6.92 Å². The molecule has 1 amide bonds. The van der Waals surface area contributed by atoms with Crippen LogP contribution in [-0.4, -0.2) is 16.4 Å². The Bertz CT molecular complexity index is 1190. The van der Waals surface area contributed by atoms with Gasteiger partial charge in [-0.2, -0.15) is 0 Å². The molecular formula is C23H19N3O2. The summed E-state index contributed by atoms with van der Waals surface area (Å²) in [4.78, 5) is 26.1. The lowest BCUT2D eigenvalue weighted by atomic mass is 10.1. The molecule has 0 radical (unpaired) electrons. The summed E-state index contributed by atoms with van der Waals surface area (Å²) < 4.78 is 1.40. The maximum Gasteiger partial charge on any atom is 0.263 e. The minimum atomic E-state index is -0.345. The Kier molecular flexibility index (Phi) is 4.41. The zero-order valence-corrected chi connectivity index (χ0v) is 15.3. The molecule has 0 aliphatic rings. The van der Waals surface area contributed by atoms with Gasteiger partial charge in [-0.15, -0.1) is 0 Å². The Morgan fingerprint density at radius 2 is 1.50 bits per heavy atom. The van der Waals surface area contributed by atoms with Gasteiger partial charge in [-0.3, -0.25) is 14.2 Å². The second kappa shape index (κ2) is 7.04. The van der Waals surface area contributed by atoms with Crippen LogP contribution in [0.2, 0.25) is 0 Å². The van der Waals surface area contributed by atoms with E-state index in [1.165, 1.54) is 4.57 Å². The van der Waals surface area contributed by atoms with Crippen LogP contribution in [0.25, 0.3) is 10.9 Å². The lowest BCUT2D eigenvalue weighted by molar-refractivity contribution is 0.0967. The molecule has 4 aromatic rings. The van der Waals surface area contributed by atoms with Gasteiger partial charge in [0.15, 0.2) is 0 Å². The molecule has 0 bridgehead atoms. The predicted molar refractivity (Wildman–Crippen MR) is 112 cm³/mol. The molecule has 0 aliphatic heterocycles. The second-order valence-electron chi connectivity index (χ2n) is 6.55. The second-order valence-corrected chi connectivity index (χ2v) is 6.55. The fraction of sp³-hybridized carbons (Fsp3) is 0.0435. The summed E-state index contributed by atoms with van der Waals surface area (Å²) in [5, 5.41) is 3.54. The van der Waals surface area contributed by atoms with Crippen molar-refractivity contribution in [3.63, 3.8) is 0 Å². The van der Waals surface area contributed by atoms with Gasteiger partial charge in [0.2, 0.25) is 0 Å². The average Bonchev–Trinajstić information content (AvgIpc) is 3.01. The van der Waals surface area contributed by atoms with E-state index in [1.807, 2.05) is 49.4 Å². The van der Waals surface area contributed by atoms with Crippen molar-refractivity contribution in [3.8, 4) is 0 Å². The number of nitrogens with zero attached hydrogens (tertiary/aromatic N) is 1. The molecular weight excluding hydrogens is 350 g/mol. The van der Waals surface area contributed by atoms with Crippen LogP contribution in [0.1, 0.15) is 26.3 Å². The van der Waals surface area contributed by atoms with Crippen LogP contribution in [0, 0.1) is 6.92 Å². The first-order valence-electron chi connectivity index (χ1n) is 8.93. The number of nitrogens with two attached hydrogens (primary N) is 1. The number of amides is 1. The number of para-hydroxylation sites is 2. The number of rotatable bonds is 3. The number of nitrogens with one attached hydrogen (secondary N) is 1. The summed E-state index contributed by atoms with van der Waals surface area (Å²) in [6.45, 7) is 1.92. The quantitative estimate of drug-likeness (QED) is 0.559. The number of benzene rings is 3. The Balaban J connectivity index is 1.84. The van der Waals surface area contributed by atoms with Crippen molar-refractivity contribution < 1.29 is 9.59 Å². The maximum atomic E-state index is 13.1. The van der Waals surface area contributed by atoms with Crippen LogP contribution in [0.4, 0.5) is 11.5 Å². The van der Waals surface area contributed by atoms with E-state index < -0.39 is 0 Å². The van der Waals surface area contributed by atoms with E-state index in [0.717, 1.165) is 5.56 Å². The molecule has 138 valence electrons. The molecule has 0 unspecified atom stereocenters. The molecule has 3 N–H and O–H groups in total. The van der Waals surface area contributed by atoms with Crippen molar-refractivity contribution in [3.05, 3.63) is 95.6 Å². The van der Waals surface area contributed by atoms with Gasteiger partial charge in [0, 0.05) is 16.6 Å². The van der Waals surface area contributed by atoms with Gasteiger partial charge in [0.1, 0.15) is 5.82 Å². The smallest absolute Gasteiger partial charge is 0.263 e. The molecule has 5 nitrogen and oxygen atoms in total. The summed E-state index contributed by atoms with van der Waals surface area (Å²) in [7, 11) is 0. The number of nitrogen functional groups attached to an aromatic ring is 1. The van der Waals surface area contributed by atoms with E-state index >= 15 is 0 Å². The number of hydrogen-bond acceptors (Lipinski definition) is 3. The summed E-state index contributed by atoms with van der Waals surface area (Å²) in [5.74, 6) is -0.493. The average molecular weight is 369 g/mol.